The van der Waals surface area contributed by atoms with Crippen molar-refractivity contribution < 1.29 is 4.79 Å². The molecule has 122 valence electrons. The molecule has 0 unspecified atom stereocenters. The second kappa shape index (κ2) is 6.33. The molecule has 0 bridgehead atoms. The summed E-state index contributed by atoms with van der Waals surface area (Å²) < 4.78 is 1.57. The molecule has 7 heteroatoms. The average Bonchev–Trinajstić information content (AvgIpc) is 3.05. The minimum Gasteiger partial charge on any atom is -0.304 e. The maximum Gasteiger partial charge on any atom is 0.275 e. The van der Waals surface area contributed by atoms with Crippen LogP contribution in [0.15, 0.2) is 67.0 Å². The number of nitrogens with zero attached hydrogens (tertiary/aromatic N) is 4. The van der Waals surface area contributed by atoms with Crippen molar-refractivity contribution >= 4 is 29.0 Å². The average molecular weight is 350 g/mol. The fourth-order valence-corrected chi connectivity index (χ4v) is 2.68. The zero-order valence-corrected chi connectivity index (χ0v) is 13.7. The number of rotatable bonds is 3. The van der Waals surface area contributed by atoms with Crippen LogP contribution in [0, 0.1) is 0 Å². The van der Waals surface area contributed by atoms with Crippen LogP contribution < -0.4 is 5.32 Å². The minimum atomic E-state index is -0.327. The molecule has 1 amide bonds. The Hall–Kier alpha value is -3.25. The number of imidazole rings is 1. The Labute approximate surface area is 148 Å². The van der Waals surface area contributed by atoms with Crippen molar-refractivity contribution in [3.8, 4) is 11.3 Å². The summed E-state index contributed by atoms with van der Waals surface area (Å²) >= 11 is 6.25. The molecule has 1 N–H and O–H groups in total. The number of carbonyl (C=O) groups excluding carboxylic acids is 1. The van der Waals surface area contributed by atoms with Crippen LogP contribution in [0.5, 0.6) is 0 Å². The number of fused-ring (bicyclic) bond motifs is 1. The van der Waals surface area contributed by atoms with Crippen molar-refractivity contribution in [2.75, 3.05) is 5.32 Å². The van der Waals surface area contributed by atoms with E-state index < -0.39 is 0 Å². The van der Waals surface area contributed by atoms with E-state index in [-0.39, 0.29) is 5.91 Å². The summed E-state index contributed by atoms with van der Waals surface area (Å²) in [7, 11) is 0. The Kier molecular flexibility index (Phi) is 3.87. The third-order valence-electron chi connectivity index (χ3n) is 3.65. The molecule has 0 aliphatic carbocycles. The van der Waals surface area contributed by atoms with E-state index in [1.54, 1.807) is 41.2 Å². The zero-order valence-electron chi connectivity index (χ0n) is 12.9. The summed E-state index contributed by atoms with van der Waals surface area (Å²) in [4.78, 5) is 20.6. The van der Waals surface area contributed by atoms with E-state index in [2.05, 4.69) is 20.4 Å². The monoisotopic (exact) mass is 349 g/mol. The molecule has 4 aromatic rings. The predicted octanol–water partition coefficient (Wildman–Crippen LogP) is 3.70. The lowest BCUT2D eigenvalue weighted by Crippen LogP contribution is -2.15. The molecule has 0 spiro atoms. The van der Waals surface area contributed by atoms with Crippen LogP contribution in [0.25, 0.3) is 16.9 Å². The maximum absolute atomic E-state index is 12.3. The van der Waals surface area contributed by atoms with Gasteiger partial charge in [-0.2, -0.15) is 9.61 Å². The SMILES string of the molecule is O=C(Nc1cnc2ccc(-c3ccccc3Cl)nn12)c1ccccn1. The molecule has 0 atom stereocenters. The van der Waals surface area contributed by atoms with Crippen LogP contribution in [0.1, 0.15) is 10.5 Å². The lowest BCUT2D eigenvalue weighted by atomic mass is 10.1. The van der Waals surface area contributed by atoms with Gasteiger partial charge in [-0.25, -0.2) is 4.98 Å². The Morgan fingerprint density at radius 1 is 1.00 bits per heavy atom. The number of halogens is 1. The van der Waals surface area contributed by atoms with E-state index >= 15 is 0 Å². The summed E-state index contributed by atoms with van der Waals surface area (Å²) in [6.45, 7) is 0. The first-order valence-corrected chi connectivity index (χ1v) is 7.92. The van der Waals surface area contributed by atoms with Crippen molar-refractivity contribution in [1.29, 1.82) is 0 Å². The molecule has 0 aliphatic heterocycles. The summed E-state index contributed by atoms with van der Waals surface area (Å²) in [6, 6.07) is 16.3. The number of pyridine rings is 1. The standard InChI is InChI=1S/C18H12ClN5O/c19-13-6-2-1-5-12(13)14-8-9-16-21-11-17(24(16)23-14)22-18(25)15-7-3-4-10-20-15/h1-11H,(H,22,25). The number of nitrogens with one attached hydrogen (secondary N) is 1. The first kappa shape index (κ1) is 15.3. The molecule has 25 heavy (non-hydrogen) atoms. The number of hydrogen-bond donors (Lipinski definition) is 1. The number of benzene rings is 1. The smallest absolute Gasteiger partial charge is 0.275 e. The van der Waals surface area contributed by atoms with Crippen LogP contribution >= 0.6 is 11.6 Å². The van der Waals surface area contributed by atoms with Gasteiger partial charge in [0, 0.05) is 11.8 Å². The highest BCUT2D eigenvalue weighted by atomic mass is 35.5. The van der Waals surface area contributed by atoms with Gasteiger partial charge in [0.1, 0.15) is 5.69 Å². The van der Waals surface area contributed by atoms with Crippen molar-refractivity contribution in [3.63, 3.8) is 0 Å². The first-order valence-electron chi connectivity index (χ1n) is 7.54. The number of aromatic nitrogens is 4. The Balaban J connectivity index is 1.72. The Morgan fingerprint density at radius 3 is 2.64 bits per heavy atom. The molecule has 0 saturated carbocycles. The highest BCUT2D eigenvalue weighted by Crippen LogP contribution is 2.26. The predicted molar refractivity (Wildman–Crippen MR) is 95.6 cm³/mol. The van der Waals surface area contributed by atoms with Gasteiger partial charge >= 0.3 is 0 Å². The normalized spacial score (nSPS) is 10.8. The molecular weight excluding hydrogens is 338 g/mol. The van der Waals surface area contributed by atoms with Crippen molar-refractivity contribution in [2.45, 2.75) is 0 Å². The Morgan fingerprint density at radius 2 is 1.84 bits per heavy atom. The number of hydrogen-bond acceptors (Lipinski definition) is 4. The van der Waals surface area contributed by atoms with Gasteiger partial charge in [0.25, 0.3) is 5.91 Å². The molecule has 0 aliphatic rings. The van der Waals surface area contributed by atoms with Gasteiger partial charge in [0.15, 0.2) is 11.5 Å². The van der Waals surface area contributed by atoms with Crippen LogP contribution in [-0.2, 0) is 0 Å². The topological polar surface area (TPSA) is 72.2 Å². The first-order chi connectivity index (χ1) is 12.2. The van der Waals surface area contributed by atoms with E-state index in [1.165, 1.54) is 0 Å². The molecular formula is C18H12ClN5O. The van der Waals surface area contributed by atoms with Crippen molar-refractivity contribution in [2.24, 2.45) is 0 Å². The Bertz CT molecular complexity index is 1060. The van der Waals surface area contributed by atoms with Gasteiger partial charge in [-0.3, -0.25) is 9.78 Å². The highest BCUT2D eigenvalue weighted by molar-refractivity contribution is 6.33. The maximum atomic E-state index is 12.3. The molecule has 4 rings (SSSR count). The zero-order chi connectivity index (χ0) is 17.2. The van der Waals surface area contributed by atoms with Crippen molar-refractivity contribution in [3.05, 3.63) is 77.7 Å². The number of amides is 1. The van der Waals surface area contributed by atoms with Gasteiger partial charge in [-0.1, -0.05) is 35.9 Å². The van der Waals surface area contributed by atoms with E-state index in [0.717, 1.165) is 5.56 Å². The summed E-state index contributed by atoms with van der Waals surface area (Å²) in [5, 5.41) is 7.93. The fraction of sp³-hybridized carbons (Fsp3) is 0. The molecule has 0 saturated heterocycles. The number of carbonyl (C=O) groups is 1. The summed E-state index contributed by atoms with van der Waals surface area (Å²) in [5.41, 5.74) is 2.43. The lowest BCUT2D eigenvalue weighted by molar-refractivity contribution is 0.102. The van der Waals surface area contributed by atoms with Gasteiger partial charge in [0.05, 0.1) is 16.9 Å². The number of anilines is 1. The van der Waals surface area contributed by atoms with Gasteiger partial charge in [-0.15, -0.1) is 0 Å². The third-order valence-corrected chi connectivity index (χ3v) is 3.98. The van der Waals surface area contributed by atoms with Crippen LogP contribution in [0.2, 0.25) is 5.02 Å². The molecule has 3 heterocycles. The second-order valence-corrected chi connectivity index (χ2v) is 5.69. The van der Waals surface area contributed by atoms with E-state index in [9.17, 15) is 4.79 Å². The summed E-state index contributed by atoms with van der Waals surface area (Å²) in [6.07, 6.45) is 3.12. The molecule has 1 aromatic carbocycles. The molecule has 3 aromatic heterocycles. The van der Waals surface area contributed by atoms with Gasteiger partial charge < -0.3 is 5.32 Å². The van der Waals surface area contributed by atoms with Gasteiger partial charge in [0.2, 0.25) is 0 Å². The van der Waals surface area contributed by atoms with Crippen LogP contribution in [0.3, 0.4) is 0 Å². The fourth-order valence-electron chi connectivity index (χ4n) is 2.45. The molecule has 6 nitrogen and oxygen atoms in total. The van der Waals surface area contributed by atoms with Crippen LogP contribution in [-0.4, -0.2) is 25.5 Å². The van der Waals surface area contributed by atoms with Gasteiger partial charge in [-0.05, 0) is 30.3 Å². The lowest BCUT2D eigenvalue weighted by Gasteiger charge is -2.06. The quantitative estimate of drug-likeness (QED) is 0.612. The van der Waals surface area contributed by atoms with Crippen molar-refractivity contribution in [1.82, 2.24) is 19.6 Å². The van der Waals surface area contributed by atoms with E-state index in [1.807, 2.05) is 30.3 Å². The highest BCUT2D eigenvalue weighted by Gasteiger charge is 2.13. The van der Waals surface area contributed by atoms with E-state index in [4.69, 9.17) is 11.6 Å². The summed E-state index contributed by atoms with van der Waals surface area (Å²) in [5.74, 6) is 0.131. The largest absolute Gasteiger partial charge is 0.304 e. The van der Waals surface area contributed by atoms with Crippen LogP contribution in [0.4, 0.5) is 5.82 Å². The minimum absolute atomic E-state index is 0.319. The second-order valence-electron chi connectivity index (χ2n) is 5.28. The molecule has 0 radical (unpaired) electrons. The third kappa shape index (κ3) is 2.95. The van der Waals surface area contributed by atoms with E-state index in [0.29, 0.717) is 27.9 Å². The molecule has 0 fully saturated rings.